The Labute approximate surface area is 100 Å². The quantitative estimate of drug-likeness (QED) is 0.578. The largest absolute Gasteiger partial charge is 0.480 e. The van der Waals surface area contributed by atoms with Crippen LogP contribution in [0.2, 0.25) is 0 Å². The molecule has 0 aliphatic heterocycles. The van der Waals surface area contributed by atoms with Crippen LogP contribution in [-0.4, -0.2) is 43.6 Å². The van der Waals surface area contributed by atoms with Crippen LogP contribution >= 0.6 is 11.8 Å². The molecule has 0 aliphatic carbocycles. The van der Waals surface area contributed by atoms with Crippen LogP contribution in [0.3, 0.4) is 0 Å². The molecule has 0 saturated carbocycles. The van der Waals surface area contributed by atoms with Crippen LogP contribution in [0.4, 0.5) is 0 Å². The van der Waals surface area contributed by atoms with E-state index in [1.807, 2.05) is 6.26 Å². The number of carboxylic acid groups (broad SMARTS) is 1. The number of carboxylic acids is 1. The van der Waals surface area contributed by atoms with Crippen LogP contribution in [0.25, 0.3) is 0 Å². The van der Waals surface area contributed by atoms with Gasteiger partial charge in [0.2, 0.25) is 0 Å². The molecular weight excluding hydrogens is 252 g/mol. The third-order valence-corrected chi connectivity index (χ3v) is 3.62. The van der Waals surface area contributed by atoms with Crippen molar-refractivity contribution in [3.05, 3.63) is 0 Å². The molecule has 0 heterocycles. The van der Waals surface area contributed by atoms with Crippen molar-refractivity contribution in [3.63, 3.8) is 0 Å². The SMILES string of the molecule is CSCC[C@H](NS(=O)(=O)NC(C)C)C(=O)O. The van der Waals surface area contributed by atoms with Gasteiger partial charge in [-0.2, -0.15) is 29.6 Å². The second kappa shape index (κ2) is 7.10. The lowest BCUT2D eigenvalue weighted by molar-refractivity contribution is -0.139. The summed E-state index contributed by atoms with van der Waals surface area (Å²) in [6, 6.07) is -1.35. The minimum absolute atomic E-state index is 0.259. The smallest absolute Gasteiger partial charge is 0.321 e. The lowest BCUT2D eigenvalue weighted by Crippen LogP contribution is -2.48. The molecule has 0 spiro atoms. The molecule has 0 aromatic carbocycles. The first-order valence-electron chi connectivity index (χ1n) is 4.80. The van der Waals surface area contributed by atoms with Gasteiger partial charge in [-0.3, -0.25) is 4.79 Å². The zero-order chi connectivity index (χ0) is 12.8. The number of hydrogen-bond donors (Lipinski definition) is 3. The molecule has 0 aromatic heterocycles. The molecule has 96 valence electrons. The van der Waals surface area contributed by atoms with E-state index in [1.165, 1.54) is 11.8 Å². The molecule has 0 aromatic rings. The van der Waals surface area contributed by atoms with Gasteiger partial charge in [0.05, 0.1) is 0 Å². The van der Waals surface area contributed by atoms with Crippen LogP contribution < -0.4 is 9.44 Å². The first-order valence-corrected chi connectivity index (χ1v) is 7.67. The number of aliphatic carboxylic acids is 1. The molecule has 3 N–H and O–H groups in total. The summed E-state index contributed by atoms with van der Waals surface area (Å²) >= 11 is 1.47. The minimum Gasteiger partial charge on any atom is -0.480 e. The molecular formula is C8H18N2O4S2. The topological polar surface area (TPSA) is 95.5 Å². The van der Waals surface area contributed by atoms with E-state index in [4.69, 9.17) is 5.11 Å². The zero-order valence-corrected chi connectivity index (χ0v) is 11.2. The Balaban J connectivity index is 4.44. The summed E-state index contributed by atoms with van der Waals surface area (Å²) in [5.74, 6) is -0.579. The third kappa shape index (κ3) is 7.04. The number of rotatable bonds is 8. The molecule has 0 fully saturated rings. The molecule has 6 nitrogen and oxygen atoms in total. The van der Waals surface area contributed by atoms with Gasteiger partial charge in [-0.15, -0.1) is 0 Å². The van der Waals surface area contributed by atoms with Crippen molar-refractivity contribution in [2.24, 2.45) is 0 Å². The Bertz CT molecular complexity index is 316. The normalized spacial score (nSPS) is 14.0. The average Bonchev–Trinajstić information content (AvgIpc) is 2.09. The van der Waals surface area contributed by atoms with Crippen molar-refractivity contribution in [3.8, 4) is 0 Å². The standard InChI is InChI=1S/C8H18N2O4S2/c1-6(2)9-16(13,14)10-7(8(11)12)4-5-15-3/h6-7,9-10H,4-5H2,1-3H3,(H,11,12)/t7-/m0/s1. The molecule has 0 unspecified atom stereocenters. The van der Waals surface area contributed by atoms with Gasteiger partial charge in [-0.25, -0.2) is 0 Å². The van der Waals surface area contributed by atoms with Gasteiger partial charge in [0.1, 0.15) is 6.04 Å². The van der Waals surface area contributed by atoms with E-state index in [0.29, 0.717) is 5.75 Å². The molecule has 16 heavy (non-hydrogen) atoms. The van der Waals surface area contributed by atoms with Crippen molar-refractivity contribution in [2.45, 2.75) is 32.4 Å². The number of nitrogens with one attached hydrogen (secondary N) is 2. The van der Waals surface area contributed by atoms with Gasteiger partial charge in [-0.1, -0.05) is 0 Å². The van der Waals surface area contributed by atoms with Gasteiger partial charge in [-0.05, 0) is 32.3 Å². The van der Waals surface area contributed by atoms with Crippen LogP contribution in [0, 0.1) is 0 Å². The number of carbonyl (C=O) groups is 1. The lowest BCUT2D eigenvalue weighted by Gasteiger charge is -2.16. The van der Waals surface area contributed by atoms with E-state index in [1.54, 1.807) is 13.8 Å². The maximum Gasteiger partial charge on any atom is 0.321 e. The summed E-state index contributed by atoms with van der Waals surface area (Å²) in [6.07, 6.45) is 2.09. The summed E-state index contributed by atoms with van der Waals surface area (Å²) < 4.78 is 27.2. The van der Waals surface area contributed by atoms with Crippen LogP contribution in [0.15, 0.2) is 0 Å². The Morgan fingerprint density at radius 2 is 1.94 bits per heavy atom. The van der Waals surface area contributed by atoms with Crippen molar-refractivity contribution < 1.29 is 18.3 Å². The van der Waals surface area contributed by atoms with Gasteiger partial charge in [0.15, 0.2) is 0 Å². The van der Waals surface area contributed by atoms with E-state index < -0.39 is 22.2 Å². The predicted octanol–water partition coefficient (Wildman–Crippen LogP) is 0.0251. The molecule has 0 saturated heterocycles. The Kier molecular flexibility index (Phi) is 6.96. The van der Waals surface area contributed by atoms with Gasteiger partial charge < -0.3 is 5.11 Å². The highest BCUT2D eigenvalue weighted by molar-refractivity contribution is 7.98. The Morgan fingerprint density at radius 1 is 1.38 bits per heavy atom. The van der Waals surface area contributed by atoms with Crippen molar-refractivity contribution >= 4 is 27.9 Å². The lowest BCUT2D eigenvalue weighted by atomic mass is 10.2. The first kappa shape index (κ1) is 15.7. The highest BCUT2D eigenvalue weighted by Gasteiger charge is 2.23. The summed E-state index contributed by atoms with van der Waals surface area (Å²) in [7, 11) is -3.75. The van der Waals surface area contributed by atoms with Crippen molar-refractivity contribution in [1.29, 1.82) is 0 Å². The second-order valence-corrected chi connectivity index (χ2v) is 6.03. The Morgan fingerprint density at radius 3 is 2.31 bits per heavy atom. The molecule has 0 rings (SSSR count). The molecule has 0 amide bonds. The predicted molar refractivity (Wildman–Crippen MR) is 64.8 cm³/mol. The summed E-state index contributed by atoms with van der Waals surface area (Å²) in [6.45, 7) is 3.33. The zero-order valence-electron chi connectivity index (χ0n) is 9.56. The maximum atomic E-state index is 11.4. The molecule has 0 aliphatic rings. The summed E-state index contributed by atoms with van der Waals surface area (Å²) in [4.78, 5) is 10.8. The van der Waals surface area contributed by atoms with Gasteiger partial charge >= 0.3 is 5.97 Å². The Hall–Kier alpha value is -0.310. The fourth-order valence-corrected chi connectivity index (χ4v) is 2.75. The summed E-state index contributed by atoms with van der Waals surface area (Å²) in [5, 5.41) is 8.83. The van der Waals surface area contributed by atoms with E-state index in [9.17, 15) is 13.2 Å². The van der Waals surface area contributed by atoms with E-state index in [0.717, 1.165) is 0 Å². The first-order chi connectivity index (χ1) is 7.28. The van der Waals surface area contributed by atoms with Crippen molar-refractivity contribution in [2.75, 3.05) is 12.0 Å². The van der Waals surface area contributed by atoms with Crippen LogP contribution in [0.1, 0.15) is 20.3 Å². The molecule has 0 bridgehead atoms. The highest BCUT2D eigenvalue weighted by atomic mass is 32.2. The van der Waals surface area contributed by atoms with Gasteiger partial charge in [0.25, 0.3) is 10.2 Å². The summed E-state index contributed by atoms with van der Waals surface area (Å²) in [5.41, 5.74) is 0. The third-order valence-electron chi connectivity index (χ3n) is 1.60. The average molecular weight is 270 g/mol. The number of hydrogen-bond acceptors (Lipinski definition) is 4. The van der Waals surface area contributed by atoms with E-state index in [-0.39, 0.29) is 12.5 Å². The second-order valence-electron chi connectivity index (χ2n) is 3.57. The van der Waals surface area contributed by atoms with Crippen LogP contribution in [-0.2, 0) is 15.0 Å². The van der Waals surface area contributed by atoms with Crippen LogP contribution in [0.5, 0.6) is 0 Å². The molecule has 8 heteroatoms. The van der Waals surface area contributed by atoms with E-state index >= 15 is 0 Å². The van der Waals surface area contributed by atoms with E-state index in [2.05, 4.69) is 9.44 Å². The maximum absolute atomic E-state index is 11.4. The highest BCUT2D eigenvalue weighted by Crippen LogP contribution is 2.02. The van der Waals surface area contributed by atoms with Crippen molar-refractivity contribution in [1.82, 2.24) is 9.44 Å². The fraction of sp³-hybridized carbons (Fsp3) is 0.875. The van der Waals surface area contributed by atoms with Gasteiger partial charge in [0, 0.05) is 6.04 Å². The molecule has 1 atom stereocenters. The molecule has 0 radical (unpaired) electrons. The number of thioether (sulfide) groups is 1. The monoisotopic (exact) mass is 270 g/mol. The fourth-order valence-electron chi connectivity index (χ4n) is 1.00. The minimum atomic E-state index is -3.75.